The van der Waals surface area contributed by atoms with Gasteiger partial charge < -0.3 is 19.3 Å². The summed E-state index contributed by atoms with van der Waals surface area (Å²) in [6, 6.07) is 7.44. The summed E-state index contributed by atoms with van der Waals surface area (Å²) in [5.41, 5.74) is -0.126. The molecule has 1 atom stereocenters. The van der Waals surface area contributed by atoms with E-state index >= 15 is 0 Å². The number of rotatable bonds is 5. The fourth-order valence-electron chi connectivity index (χ4n) is 2.63. The molecule has 2 aromatic carbocycles. The molecule has 3 rings (SSSR count). The molecule has 0 aromatic heterocycles. The largest absolute Gasteiger partial charge is 0.478 e. The van der Waals surface area contributed by atoms with E-state index in [1.54, 1.807) is 40.8 Å². The molecule has 1 aliphatic rings. The number of benzene rings is 2. The van der Waals surface area contributed by atoms with Crippen molar-refractivity contribution < 1.29 is 38.5 Å². The smallest absolute Gasteiger partial charge is 0.347 e. The molecule has 1 N–H and O–H groups in total. The van der Waals surface area contributed by atoms with Gasteiger partial charge in [0.15, 0.2) is 5.75 Å². The Morgan fingerprint density at radius 1 is 1.03 bits per heavy atom. The number of hydrogen-bond acceptors (Lipinski definition) is 7. The third-order valence-electron chi connectivity index (χ3n) is 4.04. The van der Waals surface area contributed by atoms with Gasteiger partial charge in [0.1, 0.15) is 0 Å². The highest BCUT2D eigenvalue weighted by molar-refractivity contribution is 14.1. The Morgan fingerprint density at radius 3 is 2.23 bits per heavy atom. The molecular weight excluding hydrogens is 737 g/mol. The van der Waals surface area contributed by atoms with Crippen molar-refractivity contribution in [3.8, 4) is 5.75 Å². The minimum absolute atomic E-state index is 0.0202. The lowest BCUT2D eigenvalue weighted by atomic mass is 10.1. The van der Waals surface area contributed by atoms with Crippen LogP contribution < -0.4 is 4.74 Å². The van der Waals surface area contributed by atoms with E-state index in [2.05, 4.69) is 0 Å². The molecule has 0 aliphatic carbocycles. The van der Waals surface area contributed by atoms with Crippen LogP contribution in [0.4, 0.5) is 0 Å². The highest BCUT2D eigenvalue weighted by Crippen LogP contribution is 2.34. The zero-order chi connectivity index (χ0) is 22.0. The topological polar surface area (TPSA) is 116 Å². The molecule has 0 radical (unpaired) electrons. The average Bonchev–Trinajstić information content (AvgIpc) is 3.09. The third kappa shape index (κ3) is 4.87. The van der Waals surface area contributed by atoms with Crippen molar-refractivity contribution in [1.29, 1.82) is 0 Å². The highest BCUT2D eigenvalue weighted by Gasteiger charge is 2.32. The summed E-state index contributed by atoms with van der Waals surface area (Å²) in [6.45, 7) is 0.163. The van der Waals surface area contributed by atoms with E-state index in [1.807, 2.05) is 45.2 Å². The Hall–Kier alpha value is -1.49. The molecule has 1 saturated heterocycles. The monoisotopic (exact) mass is 748 g/mol. The van der Waals surface area contributed by atoms with Crippen LogP contribution in [0.25, 0.3) is 0 Å². The van der Waals surface area contributed by atoms with E-state index in [1.165, 1.54) is 12.1 Å². The first-order valence-electron chi connectivity index (χ1n) is 8.30. The van der Waals surface area contributed by atoms with Crippen LogP contribution in [0, 0.1) is 10.7 Å². The number of ether oxygens (including phenoxy) is 3. The normalized spacial score (nSPS) is 15.4. The first kappa shape index (κ1) is 23.2. The van der Waals surface area contributed by atoms with Gasteiger partial charge in [-0.1, -0.05) is 12.1 Å². The van der Waals surface area contributed by atoms with Gasteiger partial charge in [-0.15, -0.1) is 0 Å². The fraction of sp³-hybridized carbons (Fsp3) is 0.158. The molecule has 0 saturated carbocycles. The van der Waals surface area contributed by atoms with Gasteiger partial charge in [-0.2, -0.15) is 0 Å². The summed E-state index contributed by atoms with van der Waals surface area (Å²) in [5, 5.41) is 9.44. The number of halogens is 3. The number of carbonyl (C=O) groups is 4. The van der Waals surface area contributed by atoms with Gasteiger partial charge in [-0.05, 0) is 86.0 Å². The van der Waals surface area contributed by atoms with Crippen LogP contribution in [-0.2, 0) is 14.3 Å². The Morgan fingerprint density at radius 2 is 1.67 bits per heavy atom. The first-order chi connectivity index (χ1) is 14.2. The number of cyclic esters (lactones) is 1. The summed E-state index contributed by atoms with van der Waals surface area (Å²) < 4.78 is 16.7. The molecule has 1 unspecified atom stereocenters. The Bertz CT molecular complexity index is 1070. The van der Waals surface area contributed by atoms with Crippen molar-refractivity contribution in [1.82, 2.24) is 0 Å². The molecule has 1 heterocycles. The van der Waals surface area contributed by atoms with E-state index in [4.69, 9.17) is 14.2 Å². The molecule has 1 fully saturated rings. The van der Waals surface area contributed by atoms with Crippen molar-refractivity contribution >= 4 is 91.6 Å². The maximum absolute atomic E-state index is 12.8. The van der Waals surface area contributed by atoms with Crippen LogP contribution in [0.3, 0.4) is 0 Å². The number of esters is 3. The zero-order valence-corrected chi connectivity index (χ0v) is 21.3. The number of carboxylic acids is 1. The molecule has 156 valence electrons. The Kier molecular flexibility index (Phi) is 7.54. The van der Waals surface area contributed by atoms with E-state index in [0.29, 0.717) is 7.14 Å². The quantitative estimate of drug-likeness (QED) is 0.279. The second-order valence-electron chi connectivity index (χ2n) is 5.95. The lowest BCUT2D eigenvalue weighted by Gasteiger charge is -2.14. The fourth-order valence-corrected chi connectivity index (χ4v) is 6.68. The standard InChI is InChI=1S/C19H11I3O8/c20-10-7-11(21)15(14(22)13(10)16(23)24)30-18(26)9-4-2-1-3-8(9)17(25)29-12-5-6-28-19(12)27/h1-4,7,12H,5-6H2,(H,23,24). The van der Waals surface area contributed by atoms with Crippen LogP contribution >= 0.6 is 67.8 Å². The molecule has 0 amide bonds. The maximum atomic E-state index is 12.8. The van der Waals surface area contributed by atoms with Crippen LogP contribution in [0.15, 0.2) is 30.3 Å². The highest BCUT2D eigenvalue weighted by atomic mass is 127. The molecule has 11 heteroatoms. The molecule has 30 heavy (non-hydrogen) atoms. The van der Waals surface area contributed by atoms with Gasteiger partial charge in [-0.3, -0.25) is 0 Å². The summed E-state index contributed by atoms with van der Waals surface area (Å²) in [5.74, 6) is -3.41. The van der Waals surface area contributed by atoms with Crippen LogP contribution in [0.2, 0.25) is 0 Å². The van der Waals surface area contributed by atoms with Gasteiger partial charge in [0, 0.05) is 9.99 Å². The number of aromatic carboxylic acids is 1. The van der Waals surface area contributed by atoms with E-state index in [9.17, 15) is 24.3 Å². The van der Waals surface area contributed by atoms with Crippen LogP contribution in [0.5, 0.6) is 5.75 Å². The first-order valence-corrected chi connectivity index (χ1v) is 11.5. The summed E-state index contributed by atoms with van der Waals surface area (Å²) in [4.78, 5) is 48.5. The molecule has 2 aromatic rings. The molecule has 8 nitrogen and oxygen atoms in total. The second kappa shape index (κ2) is 9.76. The minimum atomic E-state index is -1.15. The number of carbonyl (C=O) groups excluding carboxylic acids is 3. The van der Waals surface area contributed by atoms with E-state index < -0.39 is 30.0 Å². The van der Waals surface area contributed by atoms with Crippen molar-refractivity contribution in [2.75, 3.05) is 6.61 Å². The van der Waals surface area contributed by atoms with Crippen molar-refractivity contribution in [2.24, 2.45) is 0 Å². The van der Waals surface area contributed by atoms with E-state index in [0.717, 1.165) is 0 Å². The molecule has 0 spiro atoms. The van der Waals surface area contributed by atoms with Crippen molar-refractivity contribution in [3.63, 3.8) is 0 Å². The Labute approximate surface area is 211 Å². The average molecular weight is 748 g/mol. The summed E-state index contributed by atoms with van der Waals surface area (Å²) >= 11 is 5.64. The molecule has 1 aliphatic heterocycles. The predicted octanol–water partition coefficient (Wildman–Crippen LogP) is 3.89. The third-order valence-corrected chi connectivity index (χ3v) is 6.72. The lowest BCUT2D eigenvalue weighted by molar-refractivity contribution is -0.145. The van der Waals surface area contributed by atoms with Gasteiger partial charge in [0.2, 0.25) is 6.10 Å². The maximum Gasteiger partial charge on any atom is 0.347 e. The van der Waals surface area contributed by atoms with Crippen LogP contribution in [-0.4, -0.2) is 41.7 Å². The Balaban J connectivity index is 1.90. The van der Waals surface area contributed by atoms with Crippen molar-refractivity contribution in [2.45, 2.75) is 12.5 Å². The number of carboxylic acid groups (broad SMARTS) is 1. The lowest BCUT2D eigenvalue weighted by Crippen LogP contribution is -2.24. The van der Waals surface area contributed by atoms with Gasteiger partial charge in [-0.25, -0.2) is 19.2 Å². The predicted molar refractivity (Wildman–Crippen MR) is 128 cm³/mol. The van der Waals surface area contributed by atoms with Gasteiger partial charge in [0.25, 0.3) is 0 Å². The van der Waals surface area contributed by atoms with Crippen LogP contribution in [0.1, 0.15) is 37.5 Å². The SMILES string of the molecule is O=C(Oc1c(I)cc(I)c(C(=O)O)c1I)c1ccccc1C(=O)OC1CCOC1=O. The molecular formula is C19H11I3O8. The summed E-state index contributed by atoms with van der Waals surface area (Å²) in [6.07, 6.45) is -0.772. The summed E-state index contributed by atoms with van der Waals surface area (Å²) in [7, 11) is 0. The molecule has 0 bridgehead atoms. The minimum Gasteiger partial charge on any atom is -0.478 e. The van der Waals surface area contributed by atoms with E-state index in [-0.39, 0.29) is 39.0 Å². The zero-order valence-electron chi connectivity index (χ0n) is 14.8. The van der Waals surface area contributed by atoms with Gasteiger partial charge >= 0.3 is 23.9 Å². The van der Waals surface area contributed by atoms with Gasteiger partial charge in [0.05, 0.1) is 30.4 Å². The number of hydrogen-bond donors (Lipinski definition) is 1. The van der Waals surface area contributed by atoms with Crippen molar-refractivity contribution in [3.05, 3.63) is 57.7 Å². The second-order valence-corrected chi connectivity index (χ2v) is 9.35.